The van der Waals surface area contributed by atoms with Crippen molar-refractivity contribution in [3.8, 4) is 34.8 Å². The summed E-state index contributed by atoms with van der Waals surface area (Å²) < 4.78 is 31.0. The molecule has 94 heavy (non-hydrogen) atoms. The highest BCUT2D eigenvalue weighted by atomic mass is 16.5. The van der Waals surface area contributed by atoms with E-state index in [0.29, 0.717) is 42.4 Å². The number of aromatic nitrogens is 1. The van der Waals surface area contributed by atoms with Crippen molar-refractivity contribution in [2.45, 2.75) is 216 Å². The summed E-state index contributed by atoms with van der Waals surface area (Å²) >= 11 is 0. The number of aryl methyl sites for hydroxylation is 3. The summed E-state index contributed by atoms with van der Waals surface area (Å²) in [4.78, 5) is 0. The number of hydrogen-bond donors (Lipinski definition) is 7. The maximum atomic E-state index is 13.1. The van der Waals surface area contributed by atoms with Crippen LogP contribution in [0.2, 0.25) is 0 Å². The van der Waals surface area contributed by atoms with Gasteiger partial charge >= 0.3 is 0 Å². The number of aliphatic hydroxyl groups is 2. The van der Waals surface area contributed by atoms with Gasteiger partial charge < -0.3 is 54.4 Å². The molecule has 13 unspecified atom stereocenters. The molecule has 1 spiro atoms. The van der Waals surface area contributed by atoms with Crippen molar-refractivity contribution in [3.63, 3.8) is 0 Å². The Bertz CT molecular complexity index is 4050. The highest BCUT2D eigenvalue weighted by Crippen LogP contribution is 2.65. The lowest BCUT2D eigenvalue weighted by molar-refractivity contribution is -0.193. The topological polar surface area (TPSA) is 167 Å². The second-order valence-electron chi connectivity index (χ2n) is 30.1. The summed E-state index contributed by atoms with van der Waals surface area (Å²) in [5.41, 5.74) is 15.2. The lowest BCUT2D eigenvalue weighted by Gasteiger charge is -2.63. The van der Waals surface area contributed by atoms with Crippen molar-refractivity contribution in [1.29, 1.82) is 0 Å². The third-order valence-electron chi connectivity index (χ3n) is 24.7. The van der Waals surface area contributed by atoms with Gasteiger partial charge in [-0.15, -0.1) is 0 Å². The second kappa shape index (κ2) is 25.3. The van der Waals surface area contributed by atoms with Gasteiger partial charge in [-0.25, -0.2) is 0 Å². The van der Waals surface area contributed by atoms with Crippen LogP contribution < -0.4 is 15.4 Å². The Labute approximate surface area is 554 Å². The van der Waals surface area contributed by atoms with Crippen molar-refractivity contribution >= 4 is 16.6 Å². The Balaban J connectivity index is 0.896. The van der Waals surface area contributed by atoms with Gasteiger partial charge in [0.1, 0.15) is 42.4 Å². The highest BCUT2D eigenvalue weighted by molar-refractivity contribution is 5.89. The first-order chi connectivity index (χ1) is 45.9. The van der Waals surface area contributed by atoms with Gasteiger partial charge in [-0.1, -0.05) is 118 Å². The highest BCUT2D eigenvalue weighted by Gasteiger charge is 2.63. The summed E-state index contributed by atoms with van der Waals surface area (Å²) in [5.74, 6) is 10.7. The van der Waals surface area contributed by atoms with Crippen LogP contribution in [0.1, 0.15) is 190 Å². The average molecular weight is 1270 g/mol. The molecular weight excluding hydrogens is 1170 g/mol. The van der Waals surface area contributed by atoms with Crippen LogP contribution in [0.15, 0.2) is 120 Å². The zero-order valence-electron chi connectivity index (χ0n) is 55.2. The maximum Gasteiger partial charge on any atom is 0.165 e. The molecule has 1 saturated carbocycles. The minimum atomic E-state index is -0.722. The van der Waals surface area contributed by atoms with E-state index in [2.05, 4.69) is 102 Å². The Hall–Kier alpha value is -6.82. The molecule has 5 aliphatic carbocycles. The van der Waals surface area contributed by atoms with Crippen molar-refractivity contribution in [2.24, 2.45) is 35.5 Å². The lowest BCUT2D eigenvalue weighted by atomic mass is 9.45. The molecule has 3 fully saturated rings. The number of nitrogens with one attached hydrogen (secondary N) is 2. The van der Waals surface area contributed by atoms with Gasteiger partial charge in [0, 0.05) is 83.0 Å². The first-order valence-electron chi connectivity index (χ1n) is 36.0. The summed E-state index contributed by atoms with van der Waals surface area (Å²) in [6, 6.07) is 27.2. The van der Waals surface area contributed by atoms with Gasteiger partial charge in [0.25, 0.3) is 0 Å². The summed E-state index contributed by atoms with van der Waals surface area (Å²) in [7, 11) is 1.78. The molecule has 12 nitrogen and oxygen atoms in total. The number of hydrogen-bond acceptors (Lipinski definition) is 11. The quantitative estimate of drug-likeness (QED) is 0.0460. The molecule has 492 valence electrons. The lowest BCUT2D eigenvalue weighted by Crippen LogP contribution is -2.64. The fraction of sp³-hybridized carbons (Fsp3) is 0.512. The zero-order chi connectivity index (χ0) is 64.0. The molecule has 6 aromatic rings. The van der Waals surface area contributed by atoms with Crippen LogP contribution in [0.25, 0.3) is 16.6 Å². The molecule has 10 bridgehead atoms. The van der Waals surface area contributed by atoms with Gasteiger partial charge in [-0.2, -0.15) is 0 Å². The van der Waals surface area contributed by atoms with Crippen LogP contribution in [0, 0.1) is 47.3 Å². The monoisotopic (exact) mass is 1270 g/mol. The minimum absolute atomic E-state index is 0.00306. The summed E-state index contributed by atoms with van der Waals surface area (Å²) in [6.07, 6.45) is 27.3. The number of rotatable bonds is 12. The molecule has 12 heteroatoms. The Morgan fingerprint density at radius 2 is 1.69 bits per heavy atom. The van der Waals surface area contributed by atoms with Gasteiger partial charge in [-0.3, -0.25) is 5.32 Å². The fourth-order valence-electron chi connectivity index (χ4n) is 20.3. The Kier molecular flexibility index (Phi) is 16.7. The molecule has 1 aromatic heterocycles. The van der Waals surface area contributed by atoms with E-state index in [4.69, 9.17) is 18.9 Å². The molecular formula is C82H95N3O9. The van der Waals surface area contributed by atoms with Crippen LogP contribution in [0.4, 0.5) is 0 Å². The summed E-state index contributed by atoms with van der Waals surface area (Å²) in [6.45, 7) is 5.31. The standard InChI is InChI=1S/C82H95N3O9/c1-4-10-48(2)33-57-37-56-40-66-59(45-86)41-70(90)78(75(57)66)92-46-60-39-62(82-61-24-21-53-12-9-13-54(77(53)82)23-29-73(82)81(93-47-61)31-6-5-7-32-81)38-58-43-85(44-67(58)60)80-76-64(65-26-30-74(91-3)83-79(65)84-80)25-18-49(17-20-52-22-28-71(76)94-72(52)42-69(56)89)15-16-50-19-27-68(88)55(34-50)35-51-11-8-14-63(87)36-51/h8-9,11-14,19,22,27-28,34,36,38-39,41,43-44,48-49,52,56-57,61,69,71-74,79,83-84,86-90H,4-7,10,15-17,20-21,23-24,26,29-33,35,37,40,42,45-47H2,1-3H3. The molecule has 2 saturated heterocycles. The van der Waals surface area contributed by atoms with E-state index < -0.39 is 12.2 Å². The van der Waals surface area contributed by atoms with Crippen LogP contribution in [0.3, 0.4) is 0 Å². The van der Waals surface area contributed by atoms with Gasteiger partial charge in [-0.05, 0) is 212 Å². The van der Waals surface area contributed by atoms with E-state index in [1.165, 1.54) is 41.5 Å². The number of aliphatic hydroxyl groups excluding tert-OH is 2. The normalized spacial score (nSPS) is 30.0. The first-order valence-corrected chi connectivity index (χ1v) is 36.0. The largest absolute Gasteiger partial charge is 0.508 e. The van der Waals surface area contributed by atoms with Crippen molar-refractivity contribution in [3.05, 3.63) is 181 Å². The molecule has 0 radical (unpaired) electrons. The zero-order valence-corrected chi connectivity index (χ0v) is 55.2. The number of phenols is 3. The van der Waals surface area contributed by atoms with Crippen LogP contribution in [0.5, 0.6) is 23.0 Å². The van der Waals surface area contributed by atoms with Crippen molar-refractivity contribution in [2.75, 3.05) is 13.7 Å². The summed E-state index contributed by atoms with van der Waals surface area (Å²) in [5, 5.41) is 68.6. The smallest absolute Gasteiger partial charge is 0.165 e. The number of aromatic hydroxyl groups is 3. The number of phenolic OH excluding ortho intramolecular Hbond substituents is 3. The number of ether oxygens (including phenoxy) is 4. The first kappa shape index (κ1) is 62.0. The number of dihydropyridines is 1. The third-order valence-corrected chi connectivity index (χ3v) is 24.7. The van der Waals surface area contributed by atoms with E-state index in [1.807, 2.05) is 24.3 Å². The molecule has 7 aliphatic heterocycles. The fourth-order valence-corrected chi connectivity index (χ4v) is 20.3. The maximum absolute atomic E-state index is 13.1. The predicted molar refractivity (Wildman–Crippen MR) is 366 cm³/mol. The molecule has 18 rings (SSSR count). The van der Waals surface area contributed by atoms with Crippen molar-refractivity contribution < 1.29 is 44.5 Å². The van der Waals surface area contributed by atoms with Gasteiger partial charge in [0.05, 0.1) is 31.0 Å². The minimum Gasteiger partial charge on any atom is -0.508 e. The number of fused-ring (bicyclic) bond motifs is 8. The molecule has 12 aliphatic rings. The molecule has 7 N–H and O–H groups in total. The van der Waals surface area contributed by atoms with E-state index >= 15 is 0 Å². The van der Waals surface area contributed by atoms with E-state index in [9.17, 15) is 25.5 Å². The Morgan fingerprint density at radius 3 is 2.52 bits per heavy atom. The van der Waals surface area contributed by atoms with Crippen LogP contribution in [-0.4, -0.2) is 80.1 Å². The van der Waals surface area contributed by atoms with Gasteiger partial charge in [0.2, 0.25) is 0 Å². The second-order valence-corrected chi connectivity index (χ2v) is 30.1. The van der Waals surface area contributed by atoms with E-state index in [0.717, 1.165) is 170 Å². The Morgan fingerprint density at radius 1 is 0.840 bits per heavy atom. The van der Waals surface area contributed by atoms with Gasteiger partial charge in [0.15, 0.2) is 11.5 Å². The van der Waals surface area contributed by atoms with Crippen LogP contribution >= 0.6 is 0 Å². The molecule has 13 atom stereocenters. The number of nitrogens with zero attached hydrogens (tertiary/aromatic N) is 1. The molecule has 5 aromatic carbocycles. The number of piperidine rings is 1. The van der Waals surface area contributed by atoms with E-state index in [1.54, 1.807) is 30.9 Å². The SMILES string of the molecule is CCCC(C)CC1CC2Cc3c(CO)cc(O)c(c31)OCc1cc(C34c5c6cccc5CCC3C3(CCCCC3)OCC4CC6)cc3cn(cc13)C1=C3C(=C4CCC(OC)NC4N1)C#CC(CCc1ccc(O)c(Cc4cccc(O)c4)c1)CCC1C=CC3OC1CC2O. The number of benzene rings is 5. The van der Waals surface area contributed by atoms with E-state index in [-0.39, 0.29) is 89.6 Å². The average Bonchev–Trinajstić information content (AvgIpc) is 1.52. The van der Waals surface area contributed by atoms with Crippen molar-refractivity contribution in [1.82, 2.24) is 15.2 Å². The van der Waals surface area contributed by atoms with Crippen LogP contribution in [-0.2, 0) is 64.9 Å². The molecule has 0 amide bonds. The predicted octanol–water partition coefficient (Wildman–Crippen LogP) is 14.5. The third kappa shape index (κ3) is 10.9. The molecule has 8 heterocycles. The number of methoxy groups -OCH3 is 1.